The maximum absolute atomic E-state index is 12.9. The molecule has 1 aliphatic rings. The molecular formula is C21H12N4O6S2. The molecule has 1 aliphatic heterocycles. The highest BCUT2D eigenvalue weighted by molar-refractivity contribution is 8.27. The molecule has 3 aromatic rings. The van der Waals surface area contributed by atoms with Crippen LogP contribution >= 0.6 is 24.0 Å². The molecule has 0 unspecified atom stereocenters. The zero-order chi connectivity index (χ0) is 23.5. The Hall–Kier alpha value is -4.16. The van der Waals surface area contributed by atoms with Crippen molar-refractivity contribution in [2.24, 2.45) is 0 Å². The Kier molecular flexibility index (Phi) is 6.11. The van der Waals surface area contributed by atoms with E-state index in [-0.39, 0.29) is 23.2 Å². The van der Waals surface area contributed by atoms with Crippen molar-refractivity contribution in [3.05, 3.63) is 97.6 Å². The highest BCUT2D eigenvalue weighted by Gasteiger charge is 2.33. The van der Waals surface area contributed by atoms with Gasteiger partial charge in [0.25, 0.3) is 17.3 Å². The number of aromatic nitrogens is 1. The fraction of sp³-hybridized carbons (Fsp3) is 0. The van der Waals surface area contributed by atoms with E-state index in [9.17, 15) is 25.0 Å². The summed E-state index contributed by atoms with van der Waals surface area (Å²) in [5.41, 5.74) is 0.962. The molecule has 4 rings (SSSR count). The largest absolute Gasteiger partial charge is 0.439 e. The number of nitrogens with zero attached hydrogens (tertiary/aromatic N) is 4. The molecule has 0 radical (unpaired) electrons. The van der Waals surface area contributed by atoms with E-state index in [1.54, 1.807) is 30.3 Å². The summed E-state index contributed by atoms with van der Waals surface area (Å²) in [6.07, 6.45) is 2.79. The summed E-state index contributed by atoms with van der Waals surface area (Å²) in [6.45, 7) is 0. The standard InChI is InChI=1S/C21H12N4O6S2/c26-20-18(33-21(32)23(20)14-3-5-15(6-4-14)24(27)28)11-13-1-8-17(9-2-13)31-19-10-7-16(12-22-19)25(29)30/h1-12H/b18-11+. The number of thioether (sulfide) groups is 1. The van der Waals surface area contributed by atoms with Crippen LogP contribution < -0.4 is 9.64 Å². The van der Waals surface area contributed by atoms with E-state index in [1.165, 1.54) is 41.3 Å². The summed E-state index contributed by atoms with van der Waals surface area (Å²) < 4.78 is 5.90. The van der Waals surface area contributed by atoms with E-state index in [0.29, 0.717) is 20.7 Å². The van der Waals surface area contributed by atoms with E-state index in [1.807, 2.05) is 0 Å². The highest BCUT2D eigenvalue weighted by atomic mass is 32.2. The Morgan fingerprint density at radius 3 is 2.15 bits per heavy atom. The topological polar surface area (TPSA) is 129 Å². The summed E-state index contributed by atoms with van der Waals surface area (Å²) in [4.78, 5) is 38.9. The number of hydrogen-bond acceptors (Lipinski definition) is 9. The zero-order valence-electron chi connectivity index (χ0n) is 16.5. The monoisotopic (exact) mass is 480 g/mol. The van der Waals surface area contributed by atoms with Crippen LogP contribution in [0.2, 0.25) is 0 Å². The second kappa shape index (κ2) is 9.14. The number of non-ortho nitro benzene ring substituents is 1. The lowest BCUT2D eigenvalue weighted by Crippen LogP contribution is -2.27. The molecule has 10 nitrogen and oxygen atoms in total. The van der Waals surface area contributed by atoms with Crippen molar-refractivity contribution in [1.29, 1.82) is 0 Å². The van der Waals surface area contributed by atoms with E-state index >= 15 is 0 Å². The first-order chi connectivity index (χ1) is 15.8. The first-order valence-electron chi connectivity index (χ1n) is 9.22. The highest BCUT2D eigenvalue weighted by Crippen LogP contribution is 2.36. The van der Waals surface area contributed by atoms with Crippen LogP contribution in [-0.4, -0.2) is 25.1 Å². The average Bonchev–Trinajstić information content (AvgIpc) is 3.08. The molecule has 1 amide bonds. The number of carbonyl (C=O) groups is 1. The zero-order valence-corrected chi connectivity index (χ0v) is 18.1. The van der Waals surface area contributed by atoms with Gasteiger partial charge in [0, 0.05) is 24.3 Å². The van der Waals surface area contributed by atoms with Crippen LogP contribution in [0.25, 0.3) is 6.08 Å². The van der Waals surface area contributed by atoms with E-state index in [0.717, 1.165) is 23.5 Å². The number of benzene rings is 2. The van der Waals surface area contributed by atoms with Crippen molar-refractivity contribution >= 4 is 57.3 Å². The quantitative estimate of drug-likeness (QED) is 0.205. The van der Waals surface area contributed by atoms with Gasteiger partial charge in [-0.15, -0.1) is 0 Å². The molecule has 2 heterocycles. The smallest absolute Gasteiger partial charge is 0.287 e. The fourth-order valence-corrected chi connectivity index (χ4v) is 4.16. The minimum Gasteiger partial charge on any atom is -0.439 e. The molecule has 164 valence electrons. The Morgan fingerprint density at radius 1 is 0.939 bits per heavy atom. The second-order valence-electron chi connectivity index (χ2n) is 6.57. The van der Waals surface area contributed by atoms with E-state index in [4.69, 9.17) is 17.0 Å². The number of carbonyl (C=O) groups excluding carboxylic acids is 1. The van der Waals surface area contributed by atoms with Gasteiger partial charge < -0.3 is 4.74 Å². The molecular weight excluding hydrogens is 468 g/mol. The molecule has 0 bridgehead atoms. The van der Waals surface area contributed by atoms with Gasteiger partial charge in [0.2, 0.25) is 5.88 Å². The number of nitro benzene ring substituents is 1. The maximum Gasteiger partial charge on any atom is 0.287 e. The number of hydrogen-bond donors (Lipinski definition) is 0. The Labute approximate surface area is 195 Å². The first kappa shape index (κ1) is 22.0. The summed E-state index contributed by atoms with van der Waals surface area (Å²) in [5, 5.41) is 21.5. The number of nitro groups is 2. The van der Waals surface area contributed by atoms with Crippen molar-refractivity contribution in [2.75, 3.05) is 4.90 Å². The van der Waals surface area contributed by atoms with Gasteiger partial charge in [0.1, 0.15) is 11.9 Å². The van der Waals surface area contributed by atoms with E-state index in [2.05, 4.69) is 4.98 Å². The number of amides is 1. The minimum atomic E-state index is -0.546. The number of pyridine rings is 1. The molecule has 12 heteroatoms. The van der Waals surface area contributed by atoms with Gasteiger partial charge >= 0.3 is 0 Å². The molecule has 1 fully saturated rings. The van der Waals surface area contributed by atoms with Crippen molar-refractivity contribution in [1.82, 2.24) is 4.98 Å². The fourth-order valence-electron chi connectivity index (χ4n) is 2.86. The van der Waals surface area contributed by atoms with Crippen LogP contribution in [0.5, 0.6) is 11.6 Å². The first-order valence-corrected chi connectivity index (χ1v) is 10.4. The lowest BCUT2D eigenvalue weighted by Gasteiger charge is -2.13. The molecule has 1 aromatic heterocycles. The van der Waals surface area contributed by atoms with Gasteiger partial charge in [-0.1, -0.05) is 36.1 Å². The third-order valence-electron chi connectivity index (χ3n) is 4.44. The lowest BCUT2D eigenvalue weighted by atomic mass is 10.2. The lowest BCUT2D eigenvalue weighted by molar-refractivity contribution is -0.385. The van der Waals surface area contributed by atoms with Gasteiger partial charge in [0.05, 0.1) is 20.4 Å². The molecule has 1 saturated heterocycles. The van der Waals surface area contributed by atoms with Gasteiger partial charge in [-0.05, 0) is 35.9 Å². The van der Waals surface area contributed by atoms with E-state index < -0.39 is 9.85 Å². The number of thiocarbonyl (C=S) groups is 1. The molecule has 0 atom stereocenters. The van der Waals surface area contributed by atoms with Crippen LogP contribution in [-0.2, 0) is 4.79 Å². The number of ether oxygens (including phenoxy) is 1. The van der Waals surface area contributed by atoms with Gasteiger partial charge in [-0.3, -0.25) is 29.9 Å². The SMILES string of the molecule is O=C1/C(=C\c2ccc(Oc3ccc([N+](=O)[O-])cn3)cc2)SC(=S)N1c1ccc([N+](=O)[O-])cc1. The average molecular weight is 480 g/mol. The third-order valence-corrected chi connectivity index (χ3v) is 5.75. The van der Waals surface area contributed by atoms with Crippen LogP contribution in [0.3, 0.4) is 0 Å². The summed E-state index contributed by atoms with van der Waals surface area (Å²) in [7, 11) is 0. The van der Waals surface area contributed by atoms with Crippen LogP contribution in [0.4, 0.5) is 17.1 Å². The van der Waals surface area contributed by atoms with Crippen LogP contribution in [0, 0.1) is 20.2 Å². The summed E-state index contributed by atoms with van der Waals surface area (Å²) in [5.74, 6) is 0.346. The minimum absolute atomic E-state index is 0.0778. The van der Waals surface area contributed by atoms with Crippen LogP contribution in [0.1, 0.15) is 5.56 Å². The van der Waals surface area contributed by atoms with Crippen LogP contribution in [0.15, 0.2) is 71.8 Å². The van der Waals surface area contributed by atoms with Crippen molar-refractivity contribution in [2.45, 2.75) is 0 Å². The number of anilines is 1. The van der Waals surface area contributed by atoms with Crippen molar-refractivity contribution in [3.8, 4) is 11.6 Å². The molecule has 33 heavy (non-hydrogen) atoms. The van der Waals surface area contributed by atoms with Gasteiger partial charge in [-0.25, -0.2) is 4.98 Å². The van der Waals surface area contributed by atoms with Gasteiger partial charge in [-0.2, -0.15) is 0 Å². The summed E-state index contributed by atoms with van der Waals surface area (Å²) >= 11 is 6.45. The molecule has 0 spiro atoms. The second-order valence-corrected chi connectivity index (χ2v) is 8.25. The number of rotatable bonds is 6. The normalized spacial score (nSPS) is 14.5. The van der Waals surface area contributed by atoms with Gasteiger partial charge in [0.15, 0.2) is 4.32 Å². The predicted molar refractivity (Wildman–Crippen MR) is 126 cm³/mol. The molecule has 2 aromatic carbocycles. The summed E-state index contributed by atoms with van der Waals surface area (Å²) in [6, 6.07) is 15.1. The predicted octanol–water partition coefficient (Wildman–Crippen LogP) is 5.10. The molecule has 0 aliphatic carbocycles. The Morgan fingerprint density at radius 2 is 1.58 bits per heavy atom. The van der Waals surface area contributed by atoms with Crippen molar-refractivity contribution < 1.29 is 19.4 Å². The molecule has 0 N–H and O–H groups in total. The molecule has 0 saturated carbocycles. The Balaban J connectivity index is 1.47. The third kappa shape index (κ3) is 4.86. The van der Waals surface area contributed by atoms with Crippen molar-refractivity contribution in [3.63, 3.8) is 0 Å². The maximum atomic E-state index is 12.9. The Bertz CT molecular complexity index is 1290.